The molecule has 1 fully saturated rings. The van der Waals surface area contributed by atoms with Crippen LogP contribution in [-0.2, 0) is 41.8 Å². The summed E-state index contributed by atoms with van der Waals surface area (Å²) < 4.78 is 49.2. The van der Waals surface area contributed by atoms with Gasteiger partial charge in [0.1, 0.15) is 43.2 Å². The Bertz CT molecular complexity index is 1450. The van der Waals surface area contributed by atoms with Crippen molar-refractivity contribution in [2.24, 2.45) is 0 Å². The molecule has 0 aliphatic heterocycles. The number of aliphatic hydroxyl groups is 5. The van der Waals surface area contributed by atoms with Gasteiger partial charge in [-0.2, -0.15) is 0 Å². The summed E-state index contributed by atoms with van der Waals surface area (Å²) in [4.78, 5) is 54.2. The molecule has 0 aromatic carbocycles. The molecular formula is C45H80O17P2. The number of aliphatic hydroxyl groups excluding tert-OH is 5. The summed E-state index contributed by atoms with van der Waals surface area (Å²) in [5, 5.41) is 51.1. The van der Waals surface area contributed by atoms with Crippen molar-refractivity contribution in [3.05, 3.63) is 48.6 Å². The first-order valence-electron chi connectivity index (χ1n) is 23.3. The lowest BCUT2D eigenvalue weighted by atomic mass is 9.85. The lowest BCUT2D eigenvalue weighted by Crippen LogP contribution is -2.64. The van der Waals surface area contributed by atoms with E-state index in [0.717, 1.165) is 57.8 Å². The number of ether oxygens (including phenoxy) is 2. The van der Waals surface area contributed by atoms with Crippen LogP contribution in [0, 0.1) is 0 Å². The molecule has 5 unspecified atom stereocenters. The highest BCUT2D eigenvalue weighted by molar-refractivity contribution is 7.47. The number of phosphoric ester groups is 2. The zero-order chi connectivity index (χ0) is 47.6. The number of carbonyl (C=O) groups is 2. The largest absolute Gasteiger partial charge is 0.472 e. The summed E-state index contributed by atoms with van der Waals surface area (Å²) in [5.41, 5.74) is 0. The van der Waals surface area contributed by atoms with E-state index in [4.69, 9.17) is 28.3 Å². The Balaban J connectivity index is 2.65. The molecule has 0 bridgehead atoms. The quantitative estimate of drug-likeness (QED) is 0.00979. The van der Waals surface area contributed by atoms with Crippen LogP contribution in [0.15, 0.2) is 48.6 Å². The summed E-state index contributed by atoms with van der Waals surface area (Å²) in [6.45, 7) is 2.92. The first-order chi connectivity index (χ1) is 30.5. The van der Waals surface area contributed by atoms with Gasteiger partial charge < -0.3 is 49.7 Å². The van der Waals surface area contributed by atoms with Crippen molar-refractivity contribution in [2.45, 2.75) is 210 Å². The summed E-state index contributed by atoms with van der Waals surface area (Å²) in [7, 11) is -10.7. The van der Waals surface area contributed by atoms with E-state index in [1.165, 1.54) is 51.4 Å². The van der Waals surface area contributed by atoms with Gasteiger partial charge in [0, 0.05) is 12.8 Å². The number of phosphoric acid groups is 2. The van der Waals surface area contributed by atoms with Crippen molar-refractivity contribution in [3.8, 4) is 0 Å². The number of hydrogen-bond donors (Lipinski definition) is 8. The van der Waals surface area contributed by atoms with E-state index in [0.29, 0.717) is 25.7 Å². The predicted octanol–water partition coefficient (Wildman–Crippen LogP) is 7.48. The SMILES string of the molecule is CCCCCCCCCCCCCCCC(=O)O[C@H](COC(=O)CCC/C=C\C/C=C\C/C=C\C=C\[C@H](O)CCCCC)COP(=O)(O)O[C@H]1C(O)C(O)C(O)[C@@H](OP(=O)(O)O)C1O. The molecule has 1 aliphatic carbocycles. The molecule has 8 N–H and O–H groups in total. The monoisotopic (exact) mass is 954 g/mol. The van der Waals surface area contributed by atoms with Crippen LogP contribution in [0.25, 0.3) is 0 Å². The highest BCUT2D eigenvalue weighted by Crippen LogP contribution is 2.49. The van der Waals surface area contributed by atoms with Crippen molar-refractivity contribution in [1.82, 2.24) is 0 Å². The Morgan fingerprint density at radius 2 is 1.09 bits per heavy atom. The van der Waals surface area contributed by atoms with E-state index in [1.807, 2.05) is 42.5 Å². The molecule has 0 aromatic rings. The number of unbranched alkanes of at least 4 members (excludes halogenated alkanes) is 15. The van der Waals surface area contributed by atoms with Crippen LogP contribution in [-0.4, -0.2) is 114 Å². The zero-order valence-electron chi connectivity index (χ0n) is 38.1. The second kappa shape index (κ2) is 36.0. The maximum absolute atomic E-state index is 13.0. The molecule has 9 atom stereocenters. The maximum atomic E-state index is 13.0. The number of hydrogen-bond acceptors (Lipinski definition) is 14. The summed E-state index contributed by atoms with van der Waals surface area (Å²) >= 11 is 0. The Labute approximate surface area is 380 Å². The molecule has 0 saturated heterocycles. The molecule has 0 heterocycles. The molecule has 0 amide bonds. The first-order valence-corrected chi connectivity index (χ1v) is 26.3. The van der Waals surface area contributed by atoms with Crippen LogP contribution in [0.3, 0.4) is 0 Å². The third kappa shape index (κ3) is 30.3. The van der Waals surface area contributed by atoms with Gasteiger partial charge in [-0.3, -0.25) is 23.2 Å². The molecular weight excluding hydrogens is 874 g/mol. The predicted molar refractivity (Wildman–Crippen MR) is 243 cm³/mol. The zero-order valence-corrected chi connectivity index (χ0v) is 39.9. The lowest BCUT2D eigenvalue weighted by Gasteiger charge is -2.43. The van der Waals surface area contributed by atoms with E-state index in [9.17, 15) is 49.1 Å². The number of carbonyl (C=O) groups excluding carboxylic acids is 2. The van der Waals surface area contributed by atoms with Gasteiger partial charge in [0.2, 0.25) is 0 Å². The third-order valence-corrected chi connectivity index (χ3v) is 12.0. The van der Waals surface area contributed by atoms with E-state index in [1.54, 1.807) is 6.08 Å². The average molecular weight is 955 g/mol. The molecule has 1 aliphatic rings. The molecule has 17 nitrogen and oxygen atoms in total. The maximum Gasteiger partial charge on any atom is 0.472 e. The van der Waals surface area contributed by atoms with Gasteiger partial charge in [-0.1, -0.05) is 159 Å². The minimum absolute atomic E-state index is 0.0248. The minimum atomic E-state index is -5.37. The van der Waals surface area contributed by atoms with Gasteiger partial charge in [0.25, 0.3) is 0 Å². The molecule has 0 spiro atoms. The molecule has 0 radical (unpaired) electrons. The molecule has 1 saturated carbocycles. The highest BCUT2D eigenvalue weighted by atomic mass is 31.2. The second-order valence-electron chi connectivity index (χ2n) is 16.3. The van der Waals surface area contributed by atoms with Crippen LogP contribution >= 0.6 is 15.6 Å². The molecule has 1 rings (SSSR count). The van der Waals surface area contributed by atoms with Gasteiger partial charge in [0.05, 0.1) is 12.7 Å². The fraction of sp³-hybridized carbons (Fsp3) is 0.778. The van der Waals surface area contributed by atoms with Crippen molar-refractivity contribution < 1.29 is 82.0 Å². The Hall–Kier alpha value is -2.08. The smallest absolute Gasteiger partial charge is 0.462 e. The topological polar surface area (TPSA) is 276 Å². The number of allylic oxidation sites excluding steroid dienone is 7. The van der Waals surface area contributed by atoms with Gasteiger partial charge in [-0.25, -0.2) is 9.13 Å². The Morgan fingerprint density at radius 1 is 0.578 bits per heavy atom. The fourth-order valence-electron chi connectivity index (χ4n) is 6.83. The van der Waals surface area contributed by atoms with Crippen molar-refractivity contribution >= 4 is 27.6 Å². The van der Waals surface area contributed by atoms with E-state index in [2.05, 4.69) is 18.4 Å². The number of esters is 2. The van der Waals surface area contributed by atoms with Crippen LogP contribution < -0.4 is 0 Å². The Morgan fingerprint density at radius 3 is 1.69 bits per heavy atom. The summed E-state index contributed by atoms with van der Waals surface area (Å²) in [6.07, 6.45) is 21.2. The summed E-state index contributed by atoms with van der Waals surface area (Å²) in [6, 6.07) is 0. The third-order valence-electron chi connectivity index (χ3n) is 10.5. The van der Waals surface area contributed by atoms with Gasteiger partial charge in [-0.05, 0) is 38.5 Å². The van der Waals surface area contributed by atoms with E-state index in [-0.39, 0.29) is 12.8 Å². The lowest BCUT2D eigenvalue weighted by molar-refractivity contribution is -0.216. The number of rotatable bonds is 38. The van der Waals surface area contributed by atoms with Gasteiger partial charge in [0.15, 0.2) is 6.10 Å². The van der Waals surface area contributed by atoms with E-state index < -0.39 is 89.6 Å². The second-order valence-corrected chi connectivity index (χ2v) is 18.9. The molecule has 19 heteroatoms. The first kappa shape index (κ1) is 59.9. The fourth-order valence-corrected chi connectivity index (χ4v) is 8.37. The normalized spacial score (nSPS) is 22.7. The van der Waals surface area contributed by atoms with E-state index >= 15 is 0 Å². The molecule has 64 heavy (non-hydrogen) atoms. The van der Waals surface area contributed by atoms with Crippen LogP contribution in [0.5, 0.6) is 0 Å². The highest BCUT2D eigenvalue weighted by Gasteiger charge is 2.54. The minimum Gasteiger partial charge on any atom is -0.462 e. The van der Waals surface area contributed by atoms with Crippen molar-refractivity contribution in [2.75, 3.05) is 13.2 Å². The van der Waals surface area contributed by atoms with Gasteiger partial charge in [-0.15, -0.1) is 0 Å². The van der Waals surface area contributed by atoms with Crippen LogP contribution in [0.4, 0.5) is 0 Å². The van der Waals surface area contributed by atoms with Gasteiger partial charge >= 0.3 is 27.6 Å². The van der Waals surface area contributed by atoms with Crippen molar-refractivity contribution in [1.29, 1.82) is 0 Å². The summed E-state index contributed by atoms with van der Waals surface area (Å²) in [5.74, 6) is -1.30. The molecule has 0 aromatic heterocycles. The van der Waals surface area contributed by atoms with Crippen LogP contribution in [0.2, 0.25) is 0 Å². The van der Waals surface area contributed by atoms with Crippen molar-refractivity contribution in [3.63, 3.8) is 0 Å². The Kier molecular flexibility index (Phi) is 33.7. The average Bonchev–Trinajstić information content (AvgIpc) is 3.24. The molecule has 372 valence electrons. The standard InChI is InChI=1S/C45H80O17P2/c1-3-5-7-8-9-10-11-12-15-19-22-25-29-33-39(48)60-37(35-59-64(56,57)62-45-42(51)40(49)41(50)44(43(45)52)61-63(53,54)55)34-58-38(47)32-28-24-21-18-16-13-14-17-20-23-27-31-36(46)30-26-6-4-2/h13-14,18,20-21,23,27,31,36-37,40-46,49-52H,3-12,15-17,19,22,24-26,28-30,32-35H2,1-2H3,(H,56,57)(H2,53,54,55)/b14-13-,21-18-,23-20-,31-27+/t36-,37-,40?,41?,42?,43?,44-,45+/m1/s1. The van der Waals surface area contributed by atoms with Crippen LogP contribution in [0.1, 0.15) is 162 Å².